The van der Waals surface area contributed by atoms with Gasteiger partial charge in [0, 0.05) is 6.08 Å². The molecule has 0 aliphatic rings. The van der Waals surface area contributed by atoms with E-state index >= 15 is 0 Å². The molecule has 1 aromatic rings. The van der Waals surface area contributed by atoms with Crippen LogP contribution in [0.4, 0.5) is 0 Å². The van der Waals surface area contributed by atoms with Crippen LogP contribution in [0, 0.1) is 17.0 Å². The molecule has 0 spiro atoms. The lowest BCUT2D eigenvalue weighted by Gasteiger charge is -1.92. The fourth-order valence-electron chi connectivity index (χ4n) is 0.921. The molecule has 0 atom stereocenters. The topological polar surface area (TPSA) is 43.1 Å². The fraction of sp³-hybridized carbons (Fsp3) is 0.111. The van der Waals surface area contributed by atoms with Gasteiger partial charge in [0.25, 0.3) is 0 Å². The van der Waals surface area contributed by atoms with Gasteiger partial charge < -0.3 is 0 Å². The number of hydrogen-bond donors (Lipinski definition) is 0. The Morgan fingerprint density at radius 2 is 2.25 bits per heavy atom. The van der Waals surface area contributed by atoms with Crippen molar-refractivity contribution in [3.8, 4) is 0 Å². The predicted molar refractivity (Wildman–Crippen MR) is 47.2 cm³/mol. The van der Waals surface area contributed by atoms with Gasteiger partial charge in [-0.05, 0) is 12.5 Å². The molecule has 3 heteroatoms. The first kappa shape index (κ1) is 8.46. The Bertz CT molecular complexity index is 318. The van der Waals surface area contributed by atoms with E-state index in [0.717, 1.165) is 17.3 Å². The smallest absolute Gasteiger partial charge is 0.235 e. The molecular formula is C9H9NO2. The maximum atomic E-state index is 9.98. The van der Waals surface area contributed by atoms with Crippen LogP contribution in [-0.2, 0) is 0 Å². The van der Waals surface area contributed by atoms with Gasteiger partial charge in [-0.15, -0.1) is 0 Å². The first-order chi connectivity index (χ1) is 5.68. The Labute approximate surface area is 70.5 Å². The number of hydrogen-bond acceptors (Lipinski definition) is 2. The minimum atomic E-state index is -0.470. The van der Waals surface area contributed by atoms with E-state index in [2.05, 4.69) is 0 Å². The van der Waals surface area contributed by atoms with Crippen molar-refractivity contribution in [2.75, 3.05) is 0 Å². The van der Waals surface area contributed by atoms with Gasteiger partial charge in [0.2, 0.25) is 6.20 Å². The summed E-state index contributed by atoms with van der Waals surface area (Å²) in [6.45, 7) is 1.95. The lowest BCUT2D eigenvalue weighted by atomic mass is 10.1. The highest BCUT2D eigenvalue weighted by molar-refractivity contribution is 5.48. The molecule has 1 aromatic carbocycles. The highest BCUT2D eigenvalue weighted by atomic mass is 16.6. The zero-order valence-corrected chi connectivity index (χ0v) is 6.73. The average Bonchev–Trinajstić information content (AvgIpc) is 2.01. The molecule has 0 unspecified atom stereocenters. The molecule has 0 bridgehead atoms. The van der Waals surface area contributed by atoms with Gasteiger partial charge in [-0.3, -0.25) is 10.1 Å². The highest BCUT2D eigenvalue weighted by Crippen LogP contribution is 2.05. The summed E-state index contributed by atoms with van der Waals surface area (Å²) in [5.41, 5.74) is 1.95. The van der Waals surface area contributed by atoms with Crippen molar-refractivity contribution < 1.29 is 4.92 Å². The third-order valence-electron chi connectivity index (χ3n) is 1.43. The number of nitro groups is 1. The van der Waals surface area contributed by atoms with Gasteiger partial charge in [0.15, 0.2) is 0 Å². The molecule has 1 rings (SSSR count). The summed E-state index contributed by atoms with van der Waals surface area (Å²) >= 11 is 0. The molecule has 0 fully saturated rings. The van der Waals surface area contributed by atoms with E-state index in [1.807, 2.05) is 31.2 Å². The van der Waals surface area contributed by atoms with Crippen LogP contribution in [0.5, 0.6) is 0 Å². The van der Waals surface area contributed by atoms with Crippen LogP contribution in [0.2, 0.25) is 0 Å². The van der Waals surface area contributed by atoms with Gasteiger partial charge in [-0.1, -0.05) is 29.8 Å². The van der Waals surface area contributed by atoms with Gasteiger partial charge in [0.05, 0.1) is 4.92 Å². The summed E-state index contributed by atoms with van der Waals surface area (Å²) in [6, 6.07) is 7.53. The fourth-order valence-corrected chi connectivity index (χ4v) is 0.921. The molecule has 3 nitrogen and oxygen atoms in total. The Morgan fingerprint density at radius 3 is 2.83 bits per heavy atom. The van der Waals surface area contributed by atoms with Crippen molar-refractivity contribution >= 4 is 6.08 Å². The summed E-state index contributed by atoms with van der Waals surface area (Å²) in [5, 5.41) is 9.98. The summed E-state index contributed by atoms with van der Waals surface area (Å²) in [4.78, 5) is 9.51. The Kier molecular flexibility index (Phi) is 2.58. The van der Waals surface area contributed by atoms with Crippen molar-refractivity contribution in [2.45, 2.75) is 6.92 Å². The zero-order chi connectivity index (χ0) is 8.97. The zero-order valence-electron chi connectivity index (χ0n) is 6.73. The number of benzene rings is 1. The van der Waals surface area contributed by atoms with Crippen LogP contribution in [0.1, 0.15) is 11.1 Å². The maximum Gasteiger partial charge on any atom is 0.235 e. The lowest BCUT2D eigenvalue weighted by molar-refractivity contribution is -0.400. The predicted octanol–water partition coefficient (Wildman–Crippen LogP) is 2.24. The SMILES string of the molecule is Cc1cccc(C=C[N+](=O)[O-])c1. The molecule has 0 amide bonds. The second-order valence-corrected chi connectivity index (χ2v) is 2.52. The van der Waals surface area contributed by atoms with Crippen molar-refractivity contribution in [3.05, 3.63) is 51.7 Å². The van der Waals surface area contributed by atoms with Crippen molar-refractivity contribution in [3.63, 3.8) is 0 Å². The molecule has 0 aliphatic heterocycles. The third kappa shape index (κ3) is 2.54. The molecule has 0 N–H and O–H groups in total. The van der Waals surface area contributed by atoms with E-state index < -0.39 is 4.92 Å². The highest BCUT2D eigenvalue weighted by Gasteiger charge is 1.89. The summed E-state index contributed by atoms with van der Waals surface area (Å²) in [7, 11) is 0. The van der Waals surface area contributed by atoms with Crippen LogP contribution in [0.25, 0.3) is 6.08 Å². The number of aryl methyl sites for hydroxylation is 1. The standard InChI is InChI=1S/C9H9NO2/c1-8-3-2-4-9(7-8)5-6-10(11)12/h2-7H,1H3. The molecule has 0 radical (unpaired) electrons. The second-order valence-electron chi connectivity index (χ2n) is 2.52. The molecule has 0 heterocycles. The van der Waals surface area contributed by atoms with Gasteiger partial charge in [0.1, 0.15) is 0 Å². The van der Waals surface area contributed by atoms with E-state index in [4.69, 9.17) is 0 Å². The van der Waals surface area contributed by atoms with Gasteiger partial charge >= 0.3 is 0 Å². The van der Waals surface area contributed by atoms with Crippen LogP contribution in [-0.4, -0.2) is 4.92 Å². The summed E-state index contributed by atoms with van der Waals surface area (Å²) < 4.78 is 0. The van der Waals surface area contributed by atoms with Crippen molar-refractivity contribution in [2.24, 2.45) is 0 Å². The first-order valence-electron chi connectivity index (χ1n) is 3.57. The van der Waals surface area contributed by atoms with Crippen LogP contribution in [0.3, 0.4) is 0 Å². The van der Waals surface area contributed by atoms with E-state index in [0.29, 0.717) is 0 Å². The lowest BCUT2D eigenvalue weighted by Crippen LogP contribution is -1.82. The molecule has 0 saturated carbocycles. The van der Waals surface area contributed by atoms with Crippen molar-refractivity contribution in [1.29, 1.82) is 0 Å². The summed E-state index contributed by atoms with van der Waals surface area (Å²) in [6.07, 6.45) is 2.42. The van der Waals surface area contributed by atoms with Crippen molar-refractivity contribution in [1.82, 2.24) is 0 Å². The van der Waals surface area contributed by atoms with E-state index in [1.54, 1.807) is 0 Å². The van der Waals surface area contributed by atoms with Crippen LogP contribution < -0.4 is 0 Å². The second kappa shape index (κ2) is 3.67. The monoisotopic (exact) mass is 163 g/mol. The maximum absolute atomic E-state index is 9.98. The molecule has 62 valence electrons. The Morgan fingerprint density at radius 1 is 1.50 bits per heavy atom. The Hall–Kier alpha value is -1.64. The molecule has 12 heavy (non-hydrogen) atoms. The minimum absolute atomic E-state index is 0.470. The quantitative estimate of drug-likeness (QED) is 0.495. The van der Waals surface area contributed by atoms with Gasteiger partial charge in [-0.25, -0.2) is 0 Å². The third-order valence-corrected chi connectivity index (χ3v) is 1.43. The van der Waals surface area contributed by atoms with Crippen LogP contribution in [0.15, 0.2) is 30.5 Å². The number of rotatable bonds is 2. The summed E-state index contributed by atoms with van der Waals surface area (Å²) in [5.74, 6) is 0. The van der Waals surface area contributed by atoms with Gasteiger partial charge in [-0.2, -0.15) is 0 Å². The van der Waals surface area contributed by atoms with E-state index in [1.165, 1.54) is 6.08 Å². The van der Waals surface area contributed by atoms with Crippen LogP contribution >= 0.6 is 0 Å². The largest absolute Gasteiger partial charge is 0.259 e. The number of nitrogens with zero attached hydrogens (tertiary/aromatic N) is 1. The average molecular weight is 163 g/mol. The molecular weight excluding hydrogens is 154 g/mol. The Balaban J connectivity index is 2.83. The molecule has 0 saturated heterocycles. The molecule has 0 aromatic heterocycles. The van der Waals surface area contributed by atoms with E-state index in [-0.39, 0.29) is 0 Å². The normalized spacial score (nSPS) is 10.4. The van der Waals surface area contributed by atoms with E-state index in [9.17, 15) is 10.1 Å². The first-order valence-corrected chi connectivity index (χ1v) is 3.57. The minimum Gasteiger partial charge on any atom is -0.259 e. The molecule has 0 aliphatic carbocycles.